The number of carbonyl (C=O) groups excluding carboxylic acids is 16. The fourth-order valence-corrected chi connectivity index (χ4v) is 16.3. The predicted octanol–water partition coefficient (Wildman–Crippen LogP) is 0.385. The number of aromatic hydroxyl groups is 1. The van der Waals surface area contributed by atoms with Crippen molar-refractivity contribution >= 4 is 116 Å². The number of amides is 15. The van der Waals surface area contributed by atoms with Gasteiger partial charge in [0.05, 0.1) is 55.8 Å². The number of unbranched alkanes of at least 4 members (excludes halogenated alkanes) is 2. The highest BCUT2D eigenvalue weighted by Crippen LogP contribution is 2.27. The molecule has 3 fully saturated rings. The number of hydrogen-bond acceptors (Lipinski definition) is 20. The van der Waals surface area contributed by atoms with Crippen molar-refractivity contribution in [1.29, 1.82) is 0 Å². The summed E-state index contributed by atoms with van der Waals surface area (Å²) in [4.78, 5) is 250. The van der Waals surface area contributed by atoms with Crippen LogP contribution in [0.4, 0.5) is 0 Å². The highest BCUT2D eigenvalue weighted by molar-refractivity contribution is 6.02. The van der Waals surface area contributed by atoms with Crippen molar-refractivity contribution in [2.75, 3.05) is 47.3 Å². The maximum absolute atomic E-state index is 15.5. The number of fused-ring (bicyclic) bond motifs is 5. The number of para-hydroxylation sites is 2. The lowest BCUT2D eigenvalue weighted by Gasteiger charge is -2.36. The Hall–Kier alpha value is -12.6. The van der Waals surface area contributed by atoms with E-state index < -0.39 is 199 Å². The third-order valence-corrected chi connectivity index (χ3v) is 23.4. The van der Waals surface area contributed by atoms with Gasteiger partial charge in [0.1, 0.15) is 66.2 Å². The molecule has 127 heavy (non-hydrogen) atoms. The minimum absolute atomic E-state index is 0.0242. The predicted molar refractivity (Wildman–Crippen MR) is 468 cm³/mol. The fourth-order valence-electron chi connectivity index (χ4n) is 16.3. The van der Waals surface area contributed by atoms with E-state index in [4.69, 9.17) is 5.73 Å². The van der Waals surface area contributed by atoms with Crippen molar-refractivity contribution in [1.82, 2.24) is 98.0 Å². The summed E-state index contributed by atoms with van der Waals surface area (Å²) in [7, 11) is 4.14. The number of phenols is 1. The number of rotatable bonds is 20. The van der Waals surface area contributed by atoms with Gasteiger partial charge in [-0.15, -0.1) is 0 Å². The summed E-state index contributed by atoms with van der Waals surface area (Å²) in [5.74, 6) is -13.4. The van der Waals surface area contributed by atoms with Crippen LogP contribution in [0.25, 0.3) is 21.8 Å². The molecular formula is C89H124N20O18. The number of primary amides is 1. The van der Waals surface area contributed by atoms with Crippen molar-refractivity contribution in [3.8, 4) is 5.75 Å². The lowest BCUT2D eigenvalue weighted by atomic mass is 9.94. The molecule has 3 aliphatic heterocycles. The molecule has 6 heterocycles. The van der Waals surface area contributed by atoms with Gasteiger partial charge in [0.2, 0.25) is 88.6 Å². The normalized spacial score (nSPS) is 25.3. The number of ketones is 1. The molecule has 688 valence electrons. The second-order valence-electron chi connectivity index (χ2n) is 34.1. The topological polar surface area (TPSA) is 545 Å². The van der Waals surface area contributed by atoms with Gasteiger partial charge in [-0.1, -0.05) is 116 Å². The number of H-pyrrole nitrogens is 3. The highest BCUT2D eigenvalue weighted by Gasteiger charge is 2.47. The Kier molecular flexibility index (Phi) is 36.0. The Morgan fingerprint density at radius 1 is 0.528 bits per heavy atom. The third-order valence-electron chi connectivity index (χ3n) is 23.4. The molecular weight excluding hydrogens is 1640 g/mol. The molecule has 0 spiro atoms. The van der Waals surface area contributed by atoms with Gasteiger partial charge in [0, 0.05) is 107 Å². The number of carbonyl (C=O) groups is 16. The first-order chi connectivity index (χ1) is 60.5. The molecule has 6 aromatic rings. The molecule has 1 unspecified atom stereocenters. The smallest absolute Gasteiger partial charge is 0.246 e. The molecule has 0 radical (unpaired) electrons. The van der Waals surface area contributed by atoms with Crippen LogP contribution >= 0.6 is 0 Å². The zero-order valence-corrected chi connectivity index (χ0v) is 73.8. The van der Waals surface area contributed by atoms with Gasteiger partial charge >= 0.3 is 0 Å². The monoisotopic (exact) mass is 1760 g/mol. The van der Waals surface area contributed by atoms with E-state index in [-0.39, 0.29) is 120 Å². The molecule has 38 nitrogen and oxygen atoms in total. The van der Waals surface area contributed by atoms with E-state index in [9.17, 15) is 72.5 Å². The maximum Gasteiger partial charge on any atom is 0.246 e. The maximum atomic E-state index is 15.5. The number of phenolic OH excluding ortho intramolecular Hbond substituents is 1. The molecule has 9 rings (SSSR count). The van der Waals surface area contributed by atoms with Gasteiger partial charge in [0.25, 0.3) is 0 Å². The van der Waals surface area contributed by atoms with Crippen LogP contribution in [0.2, 0.25) is 0 Å². The molecule has 2 bridgehead atoms. The minimum atomic E-state index is -1.72. The Balaban J connectivity index is 1.02. The number of hydrogen-bond donors (Lipinski definition) is 17. The number of nitrogens with two attached hydrogens (primary N) is 1. The number of aliphatic hydroxyl groups is 1. The number of Topliss-reactive ketones (excluding diaryl/α,β-unsaturated/α-hetero) is 1. The molecule has 3 aromatic heterocycles. The standard InChI is InChI=1S/C89H124N20O18/c1-11-13-25-69-84(122)103-62(36-50(5)6)80(118)92-33-19-28-74(113)95-46-75(114)98-66(37-52-29-31-56(110)32-30-52)86(124)106(8)51(7)79(117)105-68(42-73(90)112)88(126)109-34-20-27-70(109)85(123)104-64(40-55-45-91-48-97-55)82(120)101-61(35-49(3)4)78(116)77-72(111)41-65(100-77)83(121)102-63(38-53-43-93-59-23-17-15-21-57(53)59)81(119)96-47-76(115)99-67(39-54-44-94-60-24-18-16-22-58(54)60)87(125)108(10)71(26-14-12-2)89(127)107(69)9/h15-18,21-24,29-32,43-45,48-51,61-72,77,93-94,100,110-111H,11-14,19-20,25-28,33-42,46-47H2,1-10H3,(H2,90,112)(H,91,97)(H,92,118)(H,95,113)(H,96,119)(H,98,114)(H,99,115)(H,101,120)(H,102,121)(H,103,122)(H,104,123)(H,105,117)/t51-,61-,62-,63-,64-,65-,66-,67-,68-,69-,70-,71-,72+,77?/m0/s1. The molecule has 3 saturated heterocycles. The van der Waals surface area contributed by atoms with Crippen LogP contribution in [0.1, 0.15) is 161 Å². The zero-order valence-electron chi connectivity index (χ0n) is 73.8. The summed E-state index contributed by atoms with van der Waals surface area (Å²) in [6.45, 7) is 10.8. The highest BCUT2D eigenvalue weighted by atomic mass is 16.3. The van der Waals surface area contributed by atoms with Gasteiger partial charge in [0.15, 0.2) is 5.78 Å². The van der Waals surface area contributed by atoms with E-state index in [2.05, 4.69) is 78.4 Å². The first-order valence-corrected chi connectivity index (χ1v) is 43.7. The van der Waals surface area contributed by atoms with E-state index in [1.54, 1.807) is 38.4 Å². The number of likely N-dealkylation sites (N-methyl/N-ethyl adjacent to an activating group) is 3. The average molecular weight is 1760 g/mol. The Morgan fingerprint density at radius 2 is 1.06 bits per heavy atom. The van der Waals surface area contributed by atoms with Crippen molar-refractivity contribution < 1.29 is 86.9 Å². The van der Waals surface area contributed by atoms with Gasteiger partial charge < -0.3 is 104 Å². The van der Waals surface area contributed by atoms with Crippen LogP contribution in [0.15, 0.2) is 97.7 Å². The molecule has 0 aliphatic carbocycles. The number of nitrogens with zero attached hydrogens (tertiary/aromatic N) is 5. The quantitative estimate of drug-likeness (QED) is 0.0491. The molecule has 15 amide bonds. The number of aliphatic hydroxyl groups excluding tert-OH is 1. The average Bonchev–Trinajstić information content (AvgIpc) is 1.73. The molecule has 18 N–H and O–H groups in total. The van der Waals surface area contributed by atoms with E-state index in [0.29, 0.717) is 53.3 Å². The summed E-state index contributed by atoms with van der Waals surface area (Å²) >= 11 is 0. The summed E-state index contributed by atoms with van der Waals surface area (Å²) in [5.41, 5.74) is 9.05. The summed E-state index contributed by atoms with van der Waals surface area (Å²) in [5, 5.41) is 53.4. The molecule has 0 saturated carbocycles. The van der Waals surface area contributed by atoms with Crippen LogP contribution in [0.3, 0.4) is 0 Å². The minimum Gasteiger partial charge on any atom is -0.508 e. The van der Waals surface area contributed by atoms with Crippen molar-refractivity contribution in [2.24, 2.45) is 17.6 Å². The first-order valence-electron chi connectivity index (χ1n) is 43.7. The number of benzene rings is 3. The van der Waals surface area contributed by atoms with Crippen molar-refractivity contribution in [3.63, 3.8) is 0 Å². The van der Waals surface area contributed by atoms with Gasteiger partial charge in [-0.05, 0) is 111 Å². The van der Waals surface area contributed by atoms with Crippen LogP contribution in [0.5, 0.6) is 5.75 Å². The molecule has 3 aromatic carbocycles. The number of aromatic amines is 3. The van der Waals surface area contributed by atoms with E-state index >= 15 is 14.4 Å². The second-order valence-corrected chi connectivity index (χ2v) is 34.1. The molecule has 38 heteroatoms. The Morgan fingerprint density at radius 3 is 1.67 bits per heavy atom. The van der Waals surface area contributed by atoms with Crippen LogP contribution < -0.4 is 64.2 Å². The van der Waals surface area contributed by atoms with Gasteiger partial charge in [-0.2, -0.15) is 0 Å². The lowest BCUT2D eigenvalue weighted by Crippen LogP contribution is -2.60. The summed E-state index contributed by atoms with van der Waals surface area (Å²) in [6.07, 6.45) is 5.31. The van der Waals surface area contributed by atoms with E-state index in [1.165, 1.54) is 74.7 Å². The van der Waals surface area contributed by atoms with Crippen LogP contribution in [-0.4, -0.2) is 276 Å². The number of nitrogens with one attached hydrogen (secondary N) is 14. The summed E-state index contributed by atoms with van der Waals surface area (Å²) in [6, 6.07) is 2.19. The number of aromatic nitrogens is 4. The SMILES string of the molecule is CCCC[C@H]1C(=O)N(C)[C@@H](CCCC)C(=O)N[C@@H](CC(C)C)C(=O)NCCCC(=O)NCC(=O)N[C@@H](Cc2ccc(O)cc2)C(=O)N(C)[C@@H](C)C(=O)N[C@@H](CC(N)=O)C(=O)N2CCC[C@H]2C(=O)N[C@@H](Cc2c[nH]cn2)C(=O)N[C@@H](CC(C)C)C(=O)C2N[C@@H](C[C@H]2O)C(=O)N[C@@H](Cc2c[nH]c3ccccc23)C(=O)NCC(=O)N[C@@H](Cc2c[nH]c3ccccc23)C(=O)N1C. The second kappa shape index (κ2) is 46.6. The van der Waals surface area contributed by atoms with E-state index in [0.717, 1.165) is 20.7 Å². The Bertz CT molecular complexity index is 4880. The van der Waals surface area contributed by atoms with Crippen LogP contribution in [0, 0.1) is 11.8 Å². The lowest BCUT2D eigenvalue weighted by molar-refractivity contribution is -0.149. The fraction of sp³-hybridized carbons (Fsp3) is 0.539. The van der Waals surface area contributed by atoms with E-state index in [1.807, 2.05) is 64.1 Å². The summed E-state index contributed by atoms with van der Waals surface area (Å²) < 4.78 is 0. The molecule has 3 aliphatic rings. The molecule has 14 atom stereocenters. The largest absolute Gasteiger partial charge is 0.508 e. The third kappa shape index (κ3) is 27.2. The Labute approximate surface area is 737 Å². The zero-order chi connectivity index (χ0) is 92.5. The number of imidazole rings is 1. The first kappa shape index (κ1) is 98.2. The van der Waals surface area contributed by atoms with Crippen molar-refractivity contribution in [2.45, 2.75) is 249 Å². The van der Waals surface area contributed by atoms with Gasteiger partial charge in [-0.3, -0.25) is 82.0 Å². The van der Waals surface area contributed by atoms with Crippen molar-refractivity contribution in [3.05, 3.63) is 120 Å². The van der Waals surface area contributed by atoms with Crippen LogP contribution in [-0.2, 0) is 102 Å². The van der Waals surface area contributed by atoms with Gasteiger partial charge in [-0.25, -0.2) is 4.98 Å².